The first-order valence-electron chi connectivity index (χ1n) is 6.46. The Bertz CT molecular complexity index is 427. The summed E-state index contributed by atoms with van der Waals surface area (Å²) in [6.07, 6.45) is 0. The van der Waals surface area contributed by atoms with Crippen molar-refractivity contribution in [3.05, 3.63) is 71.8 Å². The maximum atomic E-state index is 6.16. The third-order valence-electron chi connectivity index (χ3n) is 3.05. The molecule has 0 aliphatic rings. The molecule has 100 valence electrons. The minimum absolute atomic E-state index is 0.0779. The van der Waals surface area contributed by atoms with Crippen LogP contribution in [0.15, 0.2) is 60.7 Å². The second-order valence-corrected chi connectivity index (χ2v) is 5.65. The summed E-state index contributed by atoms with van der Waals surface area (Å²) in [6.45, 7) is 0. The quantitative estimate of drug-likeness (QED) is 0.849. The summed E-state index contributed by atoms with van der Waals surface area (Å²) >= 11 is 1.81. The fourth-order valence-corrected chi connectivity index (χ4v) is 2.94. The maximum Gasteiger partial charge on any atom is 0.0386 e. The fourth-order valence-electron chi connectivity index (χ4n) is 1.91. The smallest absolute Gasteiger partial charge is 0.0386 e. The molecule has 0 fully saturated rings. The van der Waals surface area contributed by atoms with E-state index in [4.69, 9.17) is 11.5 Å². The minimum Gasteiger partial charge on any atom is -0.323 e. The van der Waals surface area contributed by atoms with Crippen LogP contribution in [0.5, 0.6) is 0 Å². The zero-order valence-electron chi connectivity index (χ0n) is 10.9. The van der Waals surface area contributed by atoms with Crippen LogP contribution in [0, 0.1) is 0 Å². The topological polar surface area (TPSA) is 52.0 Å². The zero-order chi connectivity index (χ0) is 13.5. The molecule has 2 rings (SSSR count). The summed E-state index contributed by atoms with van der Waals surface area (Å²) in [5.74, 6) is 1.79. The van der Waals surface area contributed by atoms with Crippen LogP contribution in [0.25, 0.3) is 0 Å². The first-order chi connectivity index (χ1) is 9.27. The van der Waals surface area contributed by atoms with Crippen molar-refractivity contribution in [2.75, 3.05) is 11.5 Å². The highest BCUT2D eigenvalue weighted by molar-refractivity contribution is 7.99. The molecule has 3 heteroatoms. The first-order valence-corrected chi connectivity index (χ1v) is 7.61. The number of benzene rings is 2. The Morgan fingerprint density at radius 1 is 0.684 bits per heavy atom. The van der Waals surface area contributed by atoms with Crippen LogP contribution in [0.4, 0.5) is 0 Å². The largest absolute Gasteiger partial charge is 0.323 e. The summed E-state index contributed by atoms with van der Waals surface area (Å²) in [5.41, 5.74) is 14.7. The maximum absolute atomic E-state index is 6.16. The van der Waals surface area contributed by atoms with Gasteiger partial charge in [0.1, 0.15) is 0 Å². The number of hydrogen-bond acceptors (Lipinski definition) is 3. The molecule has 2 atom stereocenters. The molecule has 4 N–H and O–H groups in total. The van der Waals surface area contributed by atoms with E-state index in [0.29, 0.717) is 0 Å². The van der Waals surface area contributed by atoms with Crippen molar-refractivity contribution >= 4 is 11.8 Å². The fraction of sp³-hybridized carbons (Fsp3) is 0.250. The van der Waals surface area contributed by atoms with Gasteiger partial charge in [0.25, 0.3) is 0 Å². The zero-order valence-corrected chi connectivity index (χ0v) is 11.7. The van der Waals surface area contributed by atoms with Crippen LogP contribution in [0.2, 0.25) is 0 Å². The molecular weight excluding hydrogens is 252 g/mol. The molecule has 2 aromatic rings. The van der Waals surface area contributed by atoms with Crippen LogP contribution < -0.4 is 11.5 Å². The Morgan fingerprint density at radius 2 is 1.05 bits per heavy atom. The third kappa shape index (κ3) is 4.39. The van der Waals surface area contributed by atoms with E-state index in [1.807, 2.05) is 48.2 Å². The molecule has 19 heavy (non-hydrogen) atoms. The van der Waals surface area contributed by atoms with Gasteiger partial charge in [-0.05, 0) is 11.1 Å². The van der Waals surface area contributed by atoms with Gasteiger partial charge in [0.2, 0.25) is 0 Å². The molecule has 0 aromatic heterocycles. The molecule has 0 radical (unpaired) electrons. The summed E-state index contributed by atoms with van der Waals surface area (Å²) < 4.78 is 0. The predicted molar refractivity (Wildman–Crippen MR) is 84.1 cm³/mol. The Kier molecular flexibility index (Phi) is 5.45. The standard InChI is InChI=1S/C16H20N2S/c17-15(13-7-3-1-4-8-13)11-19-12-16(18)14-9-5-2-6-10-14/h1-10,15-16H,11-12,17-18H2/t15-,16+. The summed E-state index contributed by atoms with van der Waals surface area (Å²) in [5, 5.41) is 0. The highest BCUT2D eigenvalue weighted by atomic mass is 32.2. The van der Waals surface area contributed by atoms with E-state index in [0.717, 1.165) is 11.5 Å². The van der Waals surface area contributed by atoms with Gasteiger partial charge >= 0.3 is 0 Å². The van der Waals surface area contributed by atoms with E-state index in [9.17, 15) is 0 Å². The molecular formula is C16H20N2S. The molecule has 0 saturated heterocycles. The van der Waals surface area contributed by atoms with Gasteiger partial charge in [0, 0.05) is 23.6 Å². The van der Waals surface area contributed by atoms with Gasteiger partial charge < -0.3 is 11.5 Å². The van der Waals surface area contributed by atoms with Gasteiger partial charge in [0.05, 0.1) is 0 Å². The van der Waals surface area contributed by atoms with Crippen molar-refractivity contribution in [1.82, 2.24) is 0 Å². The molecule has 0 aliphatic carbocycles. The lowest BCUT2D eigenvalue weighted by Gasteiger charge is -2.15. The van der Waals surface area contributed by atoms with Crippen molar-refractivity contribution in [2.45, 2.75) is 12.1 Å². The summed E-state index contributed by atoms with van der Waals surface area (Å²) in [4.78, 5) is 0. The van der Waals surface area contributed by atoms with E-state index in [1.165, 1.54) is 11.1 Å². The van der Waals surface area contributed by atoms with Gasteiger partial charge in [-0.25, -0.2) is 0 Å². The van der Waals surface area contributed by atoms with E-state index >= 15 is 0 Å². The van der Waals surface area contributed by atoms with Crippen molar-refractivity contribution < 1.29 is 0 Å². The van der Waals surface area contributed by atoms with Crippen LogP contribution in [0.3, 0.4) is 0 Å². The molecule has 0 spiro atoms. The SMILES string of the molecule is N[C@H](CSC[C@H](N)c1ccccc1)c1ccccc1. The van der Waals surface area contributed by atoms with Crippen molar-refractivity contribution in [3.63, 3.8) is 0 Å². The highest BCUT2D eigenvalue weighted by Crippen LogP contribution is 2.20. The van der Waals surface area contributed by atoms with Crippen molar-refractivity contribution in [3.8, 4) is 0 Å². The first kappa shape index (κ1) is 14.1. The average Bonchev–Trinajstić information content (AvgIpc) is 2.49. The van der Waals surface area contributed by atoms with Crippen molar-refractivity contribution in [2.24, 2.45) is 11.5 Å². The third-order valence-corrected chi connectivity index (χ3v) is 4.24. The lowest BCUT2D eigenvalue weighted by Crippen LogP contribution is -2.17. The second kappa shape index (κ2) is 7.34. The minimum atomic E-state index is 0.0779. The Morgan fingerprint density at radius 3 is 1.42 bits per heavy atom. The predicted octanol–water partition coefficient (Wildman–Crippen LogP) is 3.12. The molecule has 0 heterocycles. The van der Waals surface area contributed by atoms with Gasteiger partial charge in [-0.1, -0.05) is 60.7 Å². The van der Waals surface area contributed by atoms with Gasteiger partial charge in [0.15, 0.2) is 0 Å². The van der Waals surface area contributed by atoms with E-state index in [2.05, 4.69) is 24.3 Å². The molecule has 0 amide bonds. The second-order valence-electron chi connectivity index (χ2n) is 4.57. The molecule has 2 aromatic carbocycles. The lowest BCUT2D eigenvalue weighted by atomic mass is 10.1. The van der Waals surface area contributed by atoms with E-state index in [1.54, 1.807) is 0 Å². The van der Waals surface area contributed by atoms with E-state index < -0.39 is 0 Å². The number of nitrogens with two attached hydrogens (primary N) is 2. The number of thioether (sulfide) groups is 1. The van der Waals surface area contributed by atoms with Crippen molar-refractivity contribution in [1.29, 1.82) is 0 Å². The monoisotopic (exact) mass is 272 g/mol. The van der Waals surface area contributed by atoms with Crippen LogP contribution in [-0.2, 0) is 0 Å². The average molecular weight is 272 g/mol. The molecule has 2 nitrogen and oxygen atoms in total. The van der Waals surface area contributed by atoms with Gasteiger partial charge in [-0.15, -0.1) is 0 Å². The lowest BCUT2D eigenvalue weighted by molar-refractivity contribution is 0.811. The number of rotatable bonds is 6. The van der Waals surface area contributed by atoms with Crippen LogP contribution in [0.1, 0.15) is 23.2 Å². The highest BCUT2D eigenvalue weighted by Gasteiger charge is 2.08. The van der Waals surface area contributed by atoms with Crippen LogP contribution in [-0.4, -0.2) is 11.5 Å². The molecule has 0 bridgehead atoms. The van der Waals surface area contributed by atoms with E-state index in [-0.39, 0.29) is 12.1 Å². The van der Waals surface area contributed by atoms with Gasteiger partial charge in [-0.2, -0.15) is 11.8 Å². The Balaban J connectivity index is 1.78. The summed E-state index contributed by atoms with van der Waals surface area (Å²) in [6, 6.07) is 20.6. The van der Waals surface area contributed by atoms with Gasteiger partial charge in [-0.3, -0.25) is 0 Å². The molecule has 0 aliphatic heterocycles. The van der Waals surface area contributed by atoms with Crippen LogP contribution >= 0.6 is 11.8 Å². The molecule has 0 unspecified atom stereocenters. The normalized spacial score (nSPS) is 14.0. The Hall–Kier alpha value is -1.29. The molecule has 0 saturated carbocycles. The Labute approximate surface area is 119 Å². The summed E-state index contributed by atoms with van der Waals surface area (Å²) in [7, 11) is 0. The number of hydrogen-bond donors (Lipinski definition) is 2.